The largest absolute Gasteiger partial charge is 0.481 e. The van der Waals surface area contributed by atoms with Gasteiger partial charge in [-0.15, -0.1) is 0 Å². The fourth-order valence-corrected chi connectivity index (χ4v) is 5.71. The van der Waals surface area contributed by atoms with Gasteiger partial charge >= 0.3 is 12.1 Å². The van der Waals surface area contributed by atoms with E-state index >= 15 is 0 Å². The van der Waals surface area contributed by atoms with Gasteiger partial charge in [-0.1, -0.05) is 55.0 Å². The highest BCUT2D eigenvalue weighted by atomic mass is 16.5. The maximum atomic E-state index is 12.5. The van der Waals surface area contributed by atoms with E-state index in [4.69, 9.17) is 4.74 Å². The molecule has 29 heavy (non-hydrogen) atoms. The highest BCUT2D eigenvalue weighted by molar-refractivity contribution is 5.79. The SMILES string of the molecule is O=C(NC1CC(C(=O)O)C2(CCC2)C1)OCC1c2ccccc2-c2ccccc21. The first-order valence-electron chi connectivity index (χ1n) is 10.4. The van der Waals surface area contributed by atoms with Crippen molar-refractivity contribution >= 4 is 12.1 Å². The number of carboxylic acid groups (broad SMARTS) is 1. The minimum Gasteiger partial charge on any atom is -0.481 e. The summed E-state index contributed by atoms with van der Waals surface area (Å²) in [6.07, 6.45) is 3.78. The van der Waals surface area contributed by atoms with Crippen molar-refractivity contribution in [2.24, 2.45) is 11.3 Å². The first-order valence-corrected chi connectivity index (χ1v) is 10.4. The van der Waals surface area contributed by atoms with Crippen molar-refractivity contribution in [2.45, 2.75) is 44.1 Å². The van der Waals surface area contributed by atoms with Crippen molar-refractivity contribution in [3.05, 3.63) is 59.7 Å². The number of fused-ring (bicyclic) bond motifs is 3. The number of alkyl carbamates (subject to hydrolysis) is 1. The lowest BCUT2D eigenvalue weighted by Crippen LogP contribution is -2.38. The summed E-state index contributed by atoms with van der Waals surface area (Å²) in [5, 5.41) is 12.5. The molecule has 2 N–H and O–H groups in total. The minimum atomic E-state index is -0.735. The summed E-state index contributed by atoms with van der Waals surface area (Å²) in [6, 6.07) is 16.4. The molecule has 2 aromatic carbocycles. The zero-order valence-electron chi connectivity index (χ0n) is 16.3. The molecule has 5 nitrogen and oxygen atoms in total. The van der Waals surface area contributed by atoms with Crippen LogP contribution in [0.3, 0.4) is 0 Å². The number of hydrogen-bond donors (Lipinski definition) is 2. The fourth-order valence-electron chi connectivity index (χ4n) is 5.71. The molecule has 5 rings (SSSR count). The van der Waals surface area contributed by atoms with Crippen LogP contribution in [0.1, 0.15) is 49.1 Å². The summed E-state index contributed by atoms with van der Waals surface area (Å²) in [5.74, 6) is -1.06. The van der Waals surface area contributed by atoms with Gasteiger partial charge in [0.2, 0.25) is 0 Å². The van der Waals surface area contributed by atoms with E-state index in [0.29, 0.717) is 6.42 Å². The van der Waals surface area contributed by atoms with E-state index in [2.05, 4.69) is 29.6 Å². The Morgan fingerprint density at radius 2 is 1.66 bits per heavy atom. The quantitative estimate of drug-likeness (QED) is 0.801. The Morgan fingerprint density at radius 1 is 1.03 bits per heavy atom. The standard InChI is InChI=1S/C24H25NO4/c26-22(27)21-12-15(13-24(21)10-5-11-24)25-23(28)29-14-20-18-8-3-1-6-16(18)17-7-2-4-9-19(17)20/h1-4,6-9,15,20-21H,5,10-14H2,(H,25,28)(H,26,27). The van der Waals surface area contributed by atoms with Crippen LogP contribution in [0.25, 0.3) is 11.1 Å². The molecule has 0 heterocycles. The number of carboxylic acids is 1. The molecule has 2 aromatic rings. The fraction of sp³-hybridized carbons (Fsp3) is 0.417. The second-order valence-corrected chi connectivity index (χ2v) is 8.71. The molecule has 0 radical (unpaired) electrons. The van der Waals surface area contributed by atoms with Gasteiger partial charge in [0, 0.05) is 12.0 Å². The predicted molar refractivity (Wildman–Crippen MR) is 109 cm³/mol. The van der Waals surface area contributed by atoms with Crippen LogP contribution in [-0.2, 0) is 9.53 Å². The molecule has 2 unspecified atom stereocenters. The molecule has 2 saturated carbocycles. The van der Waals surface area contributed by atoms with Gasteiger partial charge in [0.15, 0.2) is 0 Å². The molecular weight excluding hydrogens is 366 g/mol. The smallest absolute Gasteiger partial charge is 0.407 e. The molecule has 0 aromatic heterocycles. The van der Waals surface area contributed by atoms with Crippen LogP contribution in [0.15, 0.2) is 48.5 Å². The first-order chi connectivity index (χ1) is 14.1. The predicted octanol–water partition coefficient (Wildman–Crippen LogP) is 4.56. The maximum Gasteiger partial charge on any atom is 0.407 e. The van der Waals surface area contributed by atoms with Crippen LogP contribution in [0, 0.1) is 11.3 Å². The second kappa shape index (κ2) is 6.90. The number of rotatable bonds is 4. The van der Waals surface area contributed by atoms with Crippen molar-refractivity contribution < 1.29 is 19.4 Å². The van der Waals surface area contributed by atoms with E-state index in [1.165, 1.54) is 22.3 Å². The zero-order valence-corrected chi connectivity index (χ0v) is 16.3. The van der Waals surface area contributed by atoms with Gasteiger partial charge in [-0.3, -0.25) is 4.79 Å². The van der Waals surface area contributed by atoms with E-state index < -0.39 is 12.1 Å². The van der Waals surface area contributed by atoms with Crippen LogP contribution in [-0.4, -0.2) is 29.8 Å². The number of aliphatic carboxylic acids is 1. The van der Waals surface area contributed by atoms with Crippen molar-refractivity contribution in [1.29, 1.82) is 0 Å². The number of amides is 1. The third-order valence-electron chi connectivity index (χ3n) is 7.23. The summed E-state index contributed by atoms with van der Waals surface area (Å²) >= 11 is 0. The van der Waals surface area contributed by atoms with Crippen molar-refractivity contribution in [1.82, 2.24) is 5.32 Å². The Kier molecular flexibility index (Phi) is 4.34. The molecule has 2 atom stereocenters. The molecular formula is C24H25NO4. The van der Waals surface area contributed by atoms with Gasteiger partial charge in [-0.2, -0.15) is 0 Å². The van der Waals surface area contributed by atoms with Crippen LogP contribution < -0.4 is 5.32 Å². The average molecular weight is 391 g/mol. The van der Waals surface area contributed by atoms with Crippen molar-refractivity contribution in [2.75, 3.05) is 6.61 Å². The number of benzene rings is 2. The summed E-state index contributed by atoms with van der Waals surface area (Å²) in [7, 11) is 0. The molecule has 0 aliphatic heterocycles. The Bertz CT molecular complexity index is 919. The Hall–Kier alpha value is -2.82. The number of carbonyl (C=O) groups is 2. The van der Waals surface area contributed by atoms with Gasteiger partial charge in [0.05, 0.1) is 5.92 Å². The van der Waals surface area contributed by atoms with Crippen molar-refractivity contribution in [3.8, 4) is 11.1 Å². The van der Waals surface area contributed by atoms with Gasteiger partial charge in [0.25, 0.3) is 0 Å². The number of nitrogens with one attached hydrogen (secondary N) is 1. The Labute approximate surface area is 170 Å². The van der Waals surface area contributed by atoms with Gasteiger partial charge < -0.3 is 15.2 Å². The van der Waals surface area contributed by atoms with Crippen molar-refractivity contribution in [3.63, 3.8) is 0 Å². The molecule has 3 aliphatic rings. The Morgan fingerprint density at radius 3 is 2.17 bits per heavy atom. The van der Waals surface area contributed by atoms with Gasteiger partial charge in [-0.25, -0.2) is 4.79 Å². The third kappa shape index (κ3) is 3.00. The van der Waals surface area contributed by atoms with Crippen LogP contribution in [0.2, 0.25) is 0 Å². The maximum absolute atomic E-state index is 12.5. The lowest BCUT2D eigenvalue weighted by atomic mass is 9.62. The van der Waals surface area contributed by atoms with Crippen LogP contribution in [0.4, 0.5) is 4.79 Å². The second-order valence-electron chi connectivity index (χ2n) is 8.71. The molecule has 3 aliphatic carbocycles. The summed E-state index contributed by atoms with van der Waals surface area (Å²) in [5.41, 5.74) is 4.64. The topological polar surface area (TPSA) is 75.6 Å². The molecule has 5 heteroatoms. The minimum absolute atomic E-state index is 0.0291. The van der Waals surface area contributed by atoms with E-state index in [-0.39, 0.29) is 29.9 Å². The number of ether oxygens (including phenoxy) is 1. The highest BCUT2D eigenvalue weighted by Crippen LogP contribution is 2.56. The van der Waals surface area contributed by atoms with E-state index in [1.807, 2.05) is 24.3 Å². The first kappa shape index (κ1) is 18.2. The lowest BCUT2D eigenvalue weighted by Gasteiger charge is -2.41. The number of hydrogen-bond acceptors (Lipinski definition) is 3. The Balaban J connectivity index is 1.25. The summed E-state index contributed by atoms with van der Waals surface area (Å²) in [4.78, 5) is 24.1. The monoisotopic (exact) mass is 391 g/mol. The third-order valence-corrected chi connectivity index (χ3v) is 7.23. The van der Waals surface area contributed by atoms with Crippen LogP contribution >= 0.6 is 0 Å². The lowest BCUT2D eigenvalue weighted by molar-refractivity contribution is -0.147. The summed E-state index contributed by atoms with van der Waals surface area (Å²) in [6.45, 7) is 0.278. The van der Waals surface area contributed by atoms with Crippen LogP contribution in [0.5, 0.6) is 0 Å². The molecule has 2 fully saturated rings. The molecule has 0 saturated heterocycles. The molecule has 1 amide bonds. The molecule has 0 bridgehead atoms. The van der Waals surface area contributed by atoms with Gasteiger partial charge in [-0.05, 0) is 53.4 Å². The molecule has 150 valence electrons. The number of carbonyl (C=O) groups excluding carboxylic acids is 1. The normalized spacial score (nSPS) is 23.9. The van der Waals surface area contributed by atoms with E-state index in [1.54, 1.807) is 0 Å². The highest BCUT2D eigenvalue weighted by Gasteiger charge is 2.54. The van der Waals surface area contributed by atoms with E-state index in [9.17, 15) is 14.7 Å². The van der Waals surface area contributed by atoms with E-state index in [0.717, 1.165) is 25.7 Å². The van der Waals surface area contributed by atoms with Gasteiger partial charge in [0.1, 0.15) is 6.61 Å². The summed E-state index contributed by atoms with van der Waals surface area (Å²) < 4.78 is 5.62. The molecule has 1 spiro atoms. The average Bonchev–Trinajstić information content (AvgIpc) is 3.23. The zero-order chi connectivity index (χ0) is 20.0.